The molecule has 138 valence electrons. The molecular weight excluding hydrogens is 424 g/mol. The van der Waals surface area contributed by atoms with E-state index < -0.39 is 0 Å². The van der Waals surface area contributed by atoms with E-state index in [0.717, 1.165) is 54.5 Å². The third-order valence-corrected chi connectivity index (χ3v) is 5.81. The fourth-order valence-corrected chi connectivity index (χ4v) is 4.20. The first kappa shape index (κ1) is 16.6. The number of para-hydroxylation sites is 3. The van der Waals surface area contributed by atoms with Crippen LogP contribution in [0.25, 0.3) is 50.0 Å². The SMILES string of the molecule is Brc1ccc(-c2nc3ccccc3n2-c2ccc3oc4ccccc4c3c2)cc1. The summed E-state index contributed by atoms with van der Waals surface area (Å²) in [6.45, 7) is 0. The average Bonchev–Trinajstić information content (AvgIpc) is 3.32. The van der Waals surface area contributed by atoms with Crippen molar-refractivity contribution in [1.29, 1.82) is 0 Å². The Morgan fingerprint density at radius 2 is 1.48 bits per heavy atom. The van der Waals surface area contributed by atoms with Crippen LogP contribution in [-0.2, 0) is 0 Å². The van der Waals surface area contributed by atoms with E-state index in [-0.39, 0.29) is 0 Å². The molecule has 0 bridgehead atoms. The van der Waals surface area contributed by atoms with Crippen LogP contribution in [0.15, 0.2) is 99.9 Å². The molecule has 0 N–H and O–H groups in total. The molecule has 0 unspecified atom stereocenters. The molecular formula is C25H15BrN2O. The van der Waals surface area contributed by atoms with Crippen LogP contribution in [0.5, 0.6) is 0 Å². The van der Waals surface area contributed by atoms with Crippen molar-refractivity contribution in [3.63, 3.8) is 0 Å². The summed E-state index contributed by atoms with van der Waals surface area (Å²) in [4.78, 5) is 4.94. The zero-order valence-corrected chi connectivity index (χ0v) is 16.9. The first-order valence-electron chi connectivity index (χ1n) is 9.43. The lowest BCUT2D eigenvalue weighted by Crippen LogP contribution is -1.97. The minimum atomic E-state index is 0.893. The monoisotopic (exact) mass is 438 g/mol. The Balaban J connectivity index is 1.67. The Bertz CT molecular complexity index is 1510. The fraction of sp³-hybridized carbons (Fsp3) is 0. The maximum absolute atomic E-state index is 6.01. The number of hydrogen-bond donors (Lipinski definition) is 0. The van der Waals surface area contributed by atoms with E-state index in [0.29, 0.717) is 0 Å². The molecule has 0 amide bonds. The van der Waals surface area contributed by atoms with E-state index in [1.54, 1.807) is 0 Å². The highest BCUT2D eigenvalue weighted by Crippen LogP contribution is 2.34. The van der Waals surface area contributed by atoms with Gasteiger partial charge in [0.15, 0.2) is 0 Å². The third-order valence-electron chi connectivity index (χ3n) is 5.28. The van der Waals surface area contributed by atoms with E-state index in [9.17, 15) is 0 Å². The number of furan rings is 1. The van der Waals surface area contributed by atoms with Crippen LogP contribution in [0.2, 0.25) is 0 Å². The lowest BCUT2D eigenvalue weighted by atomic mass is 10.1. The molecule has 0 aliphatic heterocycles. The van der Waals surface area contributed by atoms with Gasteiger partial charge in [0.2, 0.25) is 0 Å². The summed E-state index contributed by atoms with van der Waals surface area (Å²) in [7, 11) is 0. The Morgan fingerprint density at radius 1 is 0.724 bits per heavy atom. The second-order valence-electron chi connectivity index (χ2n) is 7.05. The third kappa shape index (κ3) is 2.60. The van der Waals surface area contributed by atoms with Crippen molar-refractivity contribution in [2.24, 2.45) is 0 Å². The number of imidazole rings is 1. The molecule has 0 saturated carbocycles. The van der Waals surface area contributed by atoms with Crippen LogP contribution in [-0.4, -0.2) is 9.55 Å². The second kappa shape index (κ2) is 6.33. The molecule has 29 heavy (non-hydrogen) atoms. The van der Waals surface area contributed by atoms with Crippen molar-refractivity contribution in [2.45, 2.75) is 0 Å². The van der Waals surface area contributed by atoms with Gasteiger partial charge in [-0.25, -0.2) is 4.98 Å². The zero-order valence-electron chi connectivity index (χ0n) is 15.3. The first-order chi connectivity index (χ1) is 14.3. The Labute approximate surface area is 175 Å². The molecule has 4 heteroatoms. The maximum atomic E-state index is 6.01. The summed E-state index contributed by atoms with van der Waals surface area (Å²) >= 11 is 3.52. The highest BCUT2D eigenvalue weighted by molar-refractivity contribution is 9.10. The van der Waals surface area contributed by atoms with Gasteiger partial charge in [0, 0.05) is 26.5 Å². The molecule has 3 nitrogen and oxygen atoms in total. The smallest absolute Gasteiger partial charge is 0.145 e. The summed E-state index contributed by atoms with van der Waals surface area (Å²) in [5.74, 6) is 0.922. The second-order valence-corrected chi connectivity index (χ2v) is 7.96. The van der Waals surface area contributed by atoms with Crippen LogP contribution in [0.4, 0.5) is 0 Å². The van der Waals surface area contributed by atoms with Gasteiger partial charge in [-0.15, -0.1) is 0 Å². The van der Waals surface area contributed by atoms with Crippen molar-refractivity contribution in [3.05, 3.63) is 95.5 Å². The molecule has 0 spiro atoms. The van der Waals surface area contributed by atoms with Crippen LogP contribution < -0.4 is 0 Å². The van der Waals surface area contributed by atoms with Crippen LogP contribution in [0.3, 0.4) is 0 Å². The van der Waals surface area contributed by atoms with Crippen molar-refractivity contribution >= 4 is 48.9 Å². The molecule has 6 rings (SSSR count). The molecule has 0 aliphatic rings. The standard InChI is InChI=1S/C25H15BrN2O/c26-17-11-9-16(10-12-17)25-27-21-6-2-3-7-22(21)28(25)18-13-14-24-20(15-18)19-5-1-4-8-23(19)29-24/h1-15H. The molecule has 0 fully saturated rings. The maximum Gasteiger partial charge on any atom is 0.145 e. The van der Waals surface area contributed by atoms with Crippen molar-refractivity contribution in [1.82, 2.24) is 9.55 Å². The van der Waals surface area contributed by atoms with Gasteiger partial charge in [0.25, 0.3) is 0 Å². The molecule has 2 aromatic heterocycles. The number of rotatable bonds is 2. The van der Waals surface area contributed by atoms with Crippen molar-refractivity contribution < 1.29 is 4.42 Å². The molecule has 0 aliphatic carbocycles. The topological polar surface area (TPSA) is 31.0 Å². The van der Waals surface area contributed by atoms with Gasteiger partial charge in [-0.2, -0.15) is 0 Å². The fourth-order valence-electron chi connectivity index (χ4n) is 3.93. The molecule has 0 saturated heterocycles. The van der Waals surface area contributed by atoms with Gasteiger partial charge < -0.3 is 4.42 Å². The van der Waals surface area contributed by atoms with Gasteiger partial charge >= 0.3 is 0 Å². The van der Waals surface area contributed by atoms with Crippen LogP contribution >= 0.6 is 15.9 Å². The van der Waals surface area contributed by atoms with E-state index in [1.165, 1.54) is 0 Å². The summed E-state index contributed by atoms with van der Waals surface area (Å²) in [5.41, 5.74) is 5.99. The summed E-state index contributed by atoms with van der Waals surface area (Å²) < 4.78 is 9.28. The normalized spacial score (nSPS) is 11.6. The molecule has 6 aromatic rings. The van der Waals surface area contributed by atoms with Gasteiger partial charge in [-0.05, 0) is 48.5 Å². The summed E-state index contributed by atoms with van der Waals surface area (Å²) in [6.07, 6.45) is 0. The van der Waals surface area contributed by atoms with Crippen molar-refractivity contribution in [3.8, 4) is 17.1 Å². The quantitative estimate of drug-likeness (QED) is 0.282. The molecule has 0 atom stereocenters. The van der Waals surface area contributed by atoms with E-state index in [2.05, 4.69) is 69.0 Å². The highest BCUT2D eigenvalue weighted by Gasteiger charge is 2.15. The molecule has 4 aromatic carbocycles. The van der Waals surface area contributed by atoms with Crippen LogP contribution in [0, 0.1) is 0 Å². The Hall–Kier alpha value is -3.37. The van der Waals surface area contributed by atoms with E-state index in [1.807, 2.05) is 42.5 Å². The van der Waals surface area contributed by atoms with Gasteiger partial charge in [-0.3, -0.25) is 4.57 Å². The highest BCUT2D eigenvalue weighted by atomic mass is 79.9. The predicted molar refractivity (Wildman–Crippen MR) is 121 cm³/mol. The minimum Gasteiger partial charge on any atom is -0.456 e. The van der Waals surface area contributed by atoms with Crippen molar-refractivity contribution in [2.75, 3.05) is 0 Å². The first-order valence-corrected chi connectivity index (χ1v) is 10.2. The van der Waals surface area contributed by atoms with Gasteiger partial charge in [0.1, 0.15) is 17.0 Å². The van der Waals surface area contributed by atoms with Crippen LogP contribution in [0.1, 0.15) is 0 Å². The molecule has 0 radical (unpaired) electrons. The predicted octanol–water partition coefficient (Wildman–Crippen LogP) is 7.35. The number of hydrogen-bond acceptors (Lipinski definition) is 2. The number of aromatic nitrogens is 2. The largest absolute Gasteiger partial charge is 0.456 e. The minimum absolute atomic E-state index is 0.893. The van der Waals surface area contributed by atoms with E-state index >= 15 is 0 Å². The Morgan fingerprint density at radius 3 is 2.38 bits per heavy atom. The zero-order chi connectivity index (χ0) is 19.4. The van der Waals surface area contributed by atoms with Gasteiger partial charge in [0.05, 0.1) is 11.0 Å². The number of fused-ring (bicyclic) bond motifs is 4. The Kier molecular flexibility index (Phi) is 3.61. The summed E-state index contributed by atoms with van der Waals surface area (Å²) in [5, 5.41) is 2.23. The summed E-state index contributed by atoms with van der Waals surface area (Å²) in [6, 6.07) is 31.0. The van der Waals surface area contributed by atoms with E-state index in [4.69, 9.17) is 9.40 Å². The molecule has 2 heterocycles. The average molecular weight is 439 g/mol. The number of benzene rings is 4. The lowest BCUT2D eigenvalue weighted by Gasteiger charge is -2.10. The number of halogens is 1. The number of nitrogens with zero attached hydrogens (tertiary/aromatic N) is 2. The van der Waals surface area contributed by atoms with Gasteiger partial charge in [-0.1, -0.05) is 58.4 Å². The lowest BCUT2D eigenvalue weighted by molar-refractivity contribution is 0.669.